The number of piperazine rings is 1. The van der Waals surface area contributed by atoms with Gasteiger partial charge in [0.05, 0.1) is 26.2 Å². The van der Waals surface area contributed by atoms with Crippen LogP contribution in [0.15, 0.2) is 18.2 Å². The Balaban J connectivity index is 1.24. The first-order chi connectivity index (χ1) is 13.2. The van der Waals surface area contributed by atoms with Crippen molar-refractivity contribution in [1.29, 1.82) is 0 Å². The maximum Gasteiger partial charge on any atom is 0.236 e. The highest BCUT2D eigenvalue weighted by atomic mass is 16.5. The molecule has 0 N–H and O–H groups in total. The van der Waals surface area contributed by atoms with Crippen molar-refractivity contribution >= 4 is 11.8 Å². The quantitative estimate of drug-likeness (QED) is 0.783. The number of rotatable bonds is 4. The Labute approximate surface area is 161 Å². The van der Waals surface area contributed by atoms with E-state index in [2.05, 4.69) is 23.1 Å². The largest absolute Gasteiger partial charge is 0.379 e. The summed E-state index contributed by atoms with van der Waals surface area (Å²) in [7, 11) is 0. The zero-order chi connectivity index (χ0) is 18.6. The van der Waals surface area contributed by atoms with Gasteiger partial charge in [0.15, 0.2) is 0 Å². The van der Waals surface area contributed by atoms with E-state index in [9.17, 15) is 9.59 Å². The van der Waals surface area contributed by atoms with Crippen molar-refractivity contribution in [3.63, 3.8) is 0 Å². The molecule has 1 aromatic rings. The van der Waals surface area contributed by atoms with E-state index in [1.807, 2.05) is 9.80 Å². The van der Waals surface area contributed by atoms with Crippen LogP contribution in [0.4, 0.5) is 0 Å². The smallest absolute Gasteiger partial charge is 0.236 e. The third-order valence-corrected chi connectivity index (χ3v) is 5.97. The van der Waals surface area contributed by atoms with Gasteiger partial charge in [-0.05, 0) is 36.0 Å². The van der Waals surface area contributed by atoms with E-state index < -0.39 is 0 Å². The van der Waals surface area contributed by atoms with E-state index in [0.717, 1.165) is 25.1 Å². The molecule has 0 saturated carbocycles. The van der Waals surface area contributed by atoms with Crippen molar-refractivity contribution in [1.82, 2.24) is 14.7 Å². The Bertz CT molecular complexity index is 692. The van der Waals surface area contributed by atoms with Gasteiger partial charge in [-0.15, -0.1) is 0 Å². The van der Waals surface area contributed by atoms with Crippen molar-refractivity contribution in [2.45, 2.75) is 25.7 Å². The third kappa shape index (κ3) is 4.50. The first kappa shape index (κ1) is 18.4. The predicted octanol–water partition coefficient (Wildman–Crippen LogP) is 0.721. The number of ether oxygens (including phenoxy) is 1. The summed E-state index contributed by atoms with van der Waals surface area (Å²) in [6.07, 6.45) is 4.01. The van der Waals surface area contributed by atoms with Crippen LogP contribution in [-0.2, 0) is 33.6 Å². The number of morpholine rings is 1. The highest BCUT2D eigenvalue weighted by Gasteiger charge is 2.26. The second kappa shape index (κ2) is 8.40. The predicted molar refractivity (Wildman–Crippen MR) is 103 cm³/mol. The van der Waals surface area contributed by atoms with Crippen LogP contribution in [-0.4, -0.2) is 85.5 Å². The van der Waals surface area contributed by atoms with E-state index in [4.69, 9.17) is 4.74 Å². The topological polar surface area (TPSA) is 53.1 Å². The third-order valence-electron chi connectivity index (χ3n) is 5.97. The second-order valence-electron chi connectivity index (χ2n) is 7.78. The molecule has 1 aromatic carbocycles. The molecule has 6 heteroatoms. The molecule has 2 aliphatic heterocycles. The van der Waals surface area contributed by atoms with Crippen LogP contribution in [0.1, 0.15) is 23.1 Å². The summed E-state index contributed by atoms with van der Waals surface area (Å²) in [6, 6.07) is 6.50. The van der Waals surface area contributed by atoms with E-state index in [0.29, 0.717) is 52.4 Å². The van der Waals surface area contributed by atoms with Gasteiger partial charge in [0.1, 0.15) is 0 Å². The minimum Gasteiger partial charge on any atom is -0.379 e. The van der Waals surface area contributed by atoms with Crippen LogP contribution in [0, 0.1) is 0 Å². The number of amides is 2. The summed E-state index contributed by atoms with van der Waals surface area (Å²) in [6.45, 7) is 6.08. The van der Waals surface area contributed by atoms with Gasteiger partial charge < -0.3 is 14.5 Å². The number of fused-ring (bicyclic) bond motifs is 1. The molecule has 0 spiro atoms. The van der Waals surface area contributed by atoms with Crippen LogP contribution in [0.25, 0.3) is 0 Å². The van der Waals surface area contributed by atoms with E-state index in [1.54, 1.807) is 0 Å². The molecule has 3 aliphatic rings. The van der Waals surface area contributed by atoms with E-state index in [1.165, 1.54) is 24.0 Å². The highest BCUT2D eigenvalue weighted by Crippen LogP contribution is 2.23. The fraction of sp³-hybridized carbons (Fsp3) is 0.619. The van der Waals surface area contributed by atoms with Crippen LogP contribution in [0.5, 0.6) is 0 Å². The lowest BCUT2D eigenvalue weighted by Crippen LogP contribution is -2.53. The first-order valence-corrected chi connectivity index (χ1v) is 10.2. The van der Waals surface area contributed by atoms with Gasteiger partial charge in [-0.3, -0.25) is 14.5 Å². The first-order valence-electron chi connectivity index (χ1n) is 10.2. The number of hydrogen-bond donors (Lipinski definition) is 0. The van der Waals surface area contributed by atoms with Gasteiger partial charge in [0.2, 0.25) is 11.8 Å². The Hall–Kier alpha value is -1.92. The Kier molecular flexibility index (Phi) is 5.74. The summed E-state index contributed by atoms with van der Waals surface area (Å²) in [5.41, 5.74) is 3.98. The molecular weight excluding hydrogens is 342 g/mol. The number of benzene rings is 1. The van der Waals surface area contributed by atoms with Gasteiger partial charge >= 0.3 is 0 Å². The van der Waals surface area contributed by atoms with Crippen LogP contribution >= 0.6 is 0 Å². The molecule has 2 heterocycles. The molecule has 0 aromatic heterocycles. The van der Waals surface area contributed by atoms with Gasteiger partial charge in [-0.2, -0.15) is 0 Å². The van der Waals surface area contributed by atoms with Gasteiger partial charge in [-0.25, -0.2) is 0 Å². The fourth-order valence-electron chi connectivity index (χ4n) is 4.28. The fourth-order valence-corrected chi connectivity index (χ4v) is 4.28. The van der Waals surface area contributed by atoms with Crippen molar-refractivity contribution in [3.05, 3.63) is 34.9 Å². The van der Waals surface area contributed by atoms with Gasteiger partial charge in [0.25, 0.3) is 0 Å². The Morgan fingerprint density at radius 3 is 2.26 bits per heavy atom. The summed E-state index contributed by atoms with van der Waals surface area (Å²) < 4.78 is 5.33. The van der Waals surface area contributed by atoms with Crippen LogP contribution in [0.3, 0.4) is 0 Å². The minimum atomic E-state index is 0.169. The zero-order valence-electron chi connectivity index (χ0n) is 16.0. The molecule has 0 bridgehead atoms. The molecule has 2 fully saturated rings. The number of carbonyl (C=O) groups excluding carboxylic acids is 2. The second-order valence-corrected chi connectivity index (χ2v) is 7.78. The number of aryl methyl sites for hydroxylation is 2. The molecule has 0 unspecified atom stereocenters. The standard InChI is InChI=1S/C21H29N3O3/c25-20(15-17-4-5-18-2-1-3-19(18)14-17)23-6-8-24(9-7-23)21(26)16-22-10-12-27-13-11-22/h4-5,14H,1-3,6-13,15-16H2. The monoisotopic (exact) mass is 371 g/mol. The van der Waals surface area contributed by atoms with Crippen molar-refractivity contribution in [2.75, 3.05) is 59.0 Å². The maximum atomic E-state index is 12.7. The van der Waals surface area contributed by atoms with E-state index >= 15 is 0 Å². The lowest BCUT2D eigenvalue weighted by atomic mass is 10.0. The van der Waals surface area contributed by atoms with Crippen LogP contribution in [0.2, 0.25) is 0 Å². The zero-order valence-corrected chi connectivity index (χ0v) is 16.0. The van der Waals surface area contributed by atoms with E-state index in [-0.39, 0.29) is 11.8 Å². The summed E-state index contributed by atoms with van der Waals surface area (Å²) >= 11 is 0. The molecular formula is C21H29N3O3. The lowest BCUT2D eigenvalue weighted by molar-refractivity contribution is -0.140. The SMILES string of the molecule is O=C(Cc1ccc2c(c1)CCC2)N1CCN(C(=O)CN2CCOCC2)CC1. The van der Waals surface area contributed by atoms with Gasteiger partial charge in [0, 0.05) is 39.3 Å². The van der Waals surface area contributed by atoms with Crippen molar-refractivity contribution < 1.29 is 14.3 Å². The summed E-state index contributed by atoms with van der Waals surface area (Å²) in [5.74, 6) is 0.343. The van der Waals surface area contributed by atoms with Gasteiger partial charge in [-0.1, -0.05) is 18.2 Å². The normalized spacial score (nSPS) is 20.6. The molecule has 146 valence electrons. The van der Waals surface area contributed by atoms with Crippen molar-refractivity contribution in [3.8, 4) is 0 Å². The molecule has 0 radical (unpaired) electrons. The lowest BCUT2D eigenvalue weighted by Gasteiger charge is -2.36. The molecule has 2 saturated heterocycles. The molecule has 1 aliphatic carbocycles. The molecule has 4 rings (SSSR count). The molecule has 27 heavy (non-hydrogen) atoms. The Morgan fingerprint density at radius 1 is 0.852 bits per heavy atom. The molecule has 0 atom stereocenters. The average molecular weight is 371 g/mol. The number of carbonyl (C=O) groups is 2. The van der Waals surface area contributed by atoms with Crippen LogP contribution < -0.4 is 0 Å². The highest BCUT2D eigenvalue weighted by molar-refractivity contribution is 5.81. The summed E-state index contributed by atoms with van der Waals surface area (Å²) in [4.78, 5) is 31.1. The number of hydrogen-bond acceptors (Lipinski definition) is 4. The minimum absolute atomic E-state index is 0.169. The molecule has 2 amide bonds. The summed E-state index contributed by atoms with van der Waals surface area (Å²) in [5, 5.41) is 0. The number of nitrogens with zero attached hydrogens (tertiary/aromatic N) is 3. The Morgan fingerprint density at radius 2 is 1.52 bits per heavy atom. The molecule has 6 nitrogen and oxygen atoms in total. The maximum absolute atomic E-state index is 12.7. The van der Waals surface area contributed by atoms with Crippen molar-refractivity contribution in [2.24, 2.45) is 0 Å². The average Bonchev–Trinajstić information content (AvgIpc) is 3.16.